The molecular formula is C14H18N2O. The van der Waals surface area contributed by atoms with Gasteiger partial charge in [0.2, 0.25) is 5.91 Å². The van der Waals surface area contributed by atoms with Crippen molar-refractivity contribution in [1.29, 1.82) is 0 Å². The highest BCUT2D eigenvalue weighted by molar-refractivity contribution is 5.93. The summed E-state index contributed by atoms with van der Waals surface area (Å²) in [5.41, 5.74) is 7.59. The van der Waals surface area contributed by atoms with E-state index in [1.54, 1.807) is 6.07 Å². The first-order valence-corrected chi connectivity index (χ1v) is 6.31. The van der Waals surface area contributed by atoms with Gasteiger partial charge in [0.05, 0.1) is 0 Å². The molecule has 0 aromatic heterocycles. The van der Waals surface area contributed by atoms with Gasteiger partial charge < -0.3 is 11.1 Å². The first-order valence-electron chi connectivity index (χ1n) is 6.31. The summed E-state index contributed by atoms with van der Waals surface area (Å²) in [6, 6.07) is 7.89. The highest BCUT2D eigenvalue weighted by atomic mass is 16.1. The minimum absolute atomic E-state index is 0.302. The van der Waals surface area contributed by atoms with Crippen LogP contribution in [0.15, 0.2) is 24.3 Å². The molecular weight excluding hydrogens is 212 g/mol. The topological polar surface area (TPSA) is 55.1 Å². The zero-order chi connectivity index (χ0) is 12.0. The molecule has 0 spiro atoms. The van der Waals surface area contributed by atoms with Crippen molar-refractivity contribution in [3.63, 3.8) is 0 Å². The lowest BCUT2D eigenvalue weighted by atomic mass is 9.87. The summed E-state index contributed by atoms with van der Waals surface area (Å²) < 4.78 is 0. The van der Waals surface area contributed by atoms with Crippen LogP contribution < -0.4 is 11.1 Å². The van der Waals surface area contributed by atoms with Gasteiger partial charge in [-0.15, -0.1) is 0 Å². The quantitative estimate of drug-likeness (QED) is 0.822. The van der Waals surface area contributed by atoms with E-state index in [0.29, 0.717) is 11.0 Å². The maximum atomic E-state index is 11.2. The Bertz CT molecular complexity index is 459. The second-order valence-electron chi connectivity index (χ2n) is 5.21. The van der Waals surface area contributed by atoms with Gasteiger partial charge in [-0.1, -0.05) is 19.1 Å². The van der Waals surface area contributed by atoms with Crippen LogP contribution in [0.5, 0.6) is 0 Å². The Morgan fingerprint density at radius 1 is 1.47 bits per heavy atom. The van der Waals surface area contributed by atoms with Crippen molar-refractivity contribution in [3.8, 4) is 0 Å². The number of rotatable bonds is 3. The van der Waals surface area contributed by atoms with Crippen LogP contribution in [-0.4, -0.2) is 19.0 Å². The number of fused-ring (bicyclic) bond motifs is 1. The molecule has 1 saturated carbocycles. The molecule has 1 aliphatic heterocycles. The van der Waals surface area contributed by atoms with Crippen LogP contribution >= 0.6 is 0 Å². The van der Waals surface area contributed by atoms with E-state index < -0.39 is 0 Å². The second-order valence-corrected chi connectivity index (χ2v) is 5.21. The maximum Gasteiger partial charge on any atom is 0.248 e. The number of primary amides is 1. The van der Waals surface area contributed by atoms with Gasteiger partial charge in [0.15, 0.2) is 0 Å². The van der Waals surface area contributed by atoms with E-state index in [1.807, 2.05) is 12.1 Å². The Balaban J connectivity index is 1.99. The van der Waals surface area contributed by atoms with E-state index in [9.17, 15) is 4.79 Å². The molecule has 1 saturated heterocycles. The SMILES string of the molecule is CCC1(c2cccc(C(N)=O)c2)[C@@H]2CNC[C@@H]21. The molecule has 3 heteroatoms. The monoisotopic (exact) mass is 230 g/mol. The number of benzene rings is 1. The third-order valence-electron chi connectivity index (χ3n) is 4.70. The lowest BCUT2D eigenvalue weighted by Crippen LogP contribution is -2.25. The number of amides is 1. The van der Waals surface area contributed by atoms with Gasteiger partial charge in [-0.25, -0.2) is 0 Å². The molecule has 3 atom stereocenters. The average molecular weight is 230 g/mol. The summed E-state index contributed by atoms with van der Waals surface area (Å²) in [6.07, 6.45) is 1.15. The van der Waals surface area contributed by atoms with Gasteiger partial charge in [0.1, 0.15) is 0 Å². The van der Waals surface area contributed by atoms with Crippen LogP contribution in [0, 0.1) is 11.8 Å². The van der Waals surface area contributed by atoms with Crippen LogP contribution in [0.1, 0.15) is 29.3 Å². The average Bonchev–Trinajstić information content (AvgIpc) is 2.71. The second kappa shape index (κ2) is 3.57. The lowest BCUT2D eigenvalue weighted by molar-refractivity contribution is 0.1000. The van der Waals surface area contributed by atoms with Crippen molar-refractivity contribution in [2.45, 2.75) is 18.8 Å². The largest absolute Gasteiger partial charge is 0.366 e. The molecule has 3 nitrogen and oxygen atoms in total. The molecule has 1 aromatic carbocycles. The van der Waals surface area contributed by atoms with Crippen LogP contribution in [-0.2, 0) is 5.41 Å². The summed E-state index contributed by atoms with van der Waals surface area (Å²) in [5.74, 6) is 1.16. The third kappa shape index (κ3) is 1.35. The summed E-state index contributed by atoms with van der Waals surface area (Å²) in [4.78, 5) is 11.2. The number of nitrogens with two attached hydrogens (primary N) is 1. The Morgan fingerprint density at radius 3 is 2.76 bits per heavy atom. The standard InChI is InChI=1S/C14H18N2O/c1-2-14(11-7-16-8-12(11)14)10-5-3-4-9(6-10)13(15)17/h3-6,11-12,16H,2,7-8H2,1H3,(H2,15,17)/t11-,12+,14?. The van der Waals surface area contributed by atoms with Crippen molar-refractivity contribution in [2.24, 2.45) is 17.6 Å². The van der Waals surface area contributed by atoms with Crippen molar-refractivity contribution in [1.82, 2.24) is 5.32 Å². The lowest BCUT2D eigenvalue weighted by Gasteiger charge is -2.20. The summed E-state index contributed by atoms with van der Waals surface area (Å²) in [5, 5.41) is 3.43. The van der Waals surface area contributed by atoms with Gasteiger partial charge >= 0.3 is 0 Å². The van der Waals surface area contributed by atoms with E-state index in [4.69, 9.17) is 5.73 Å². The number of hydrogen-bond donors (Lipinski definition) is 2. The summed E-state index contributed by atoms with van der Waals surface area (Å²) >= 11 is 0. The minimum atomic E-state index is -0.331. The number of carbonyl (C=O) groups excluding carboxylic acids is 1. The van der Waals surface area contributed by atoms with Crippen LogP contribution in [0.25, 0.3) is 0 Å². The number of hydrogen-bond acceptors (Lipinski definition) is 2. The van der Waals surface area contributed by atoms with Crippen LogP contribution in [0.3, 0.4) is 0 Å². The Hall–Kier alpha value is -1.35. The molecule has 0 radical (unpaired) electrons. The fourth-order valence-corrected chi connectivity index (χ4v) is 3.77. The molecule has 1 aromatic rings. The normalized spacial score (nSPS) is 34.4. The zero-order valence-electron chi connectivity index (χ0n) is 10.1. The molecule has 1 unspecified atom stereocenters. The Kier molecular flexibility index (Phi) is 2.26. The highest BCUT2D eigenvalue weighted by Crippen LogP contribution is 2.63. The van der Waals surface area contributed by atoms with Gasteiger partial charge in [0, 0.05) is 11.0 Å². The van der Waals surface area contributed by atoms with Crippen LogP contribution in [0.4, 0.5) is 0 Å². The molecule has 3 N–H and O–H groups in total. The fourth-order valence-electron chi connectivity index (χ4n) is 3.77. The van der Waals surface area contributed by atoms with E-state index in [0.717, 1.165) is 31.3 Å². The zero-order valence-corrected chi connectivity index (χ0v) is 10.1. The predicted octanol–water partition coefficient (Wildman–Crippen LogP) is 1.28. The predicted molar refractivity (Wildman–Crippen MR) is 66.8 cm³/mol. The van der Waals surface area contributed by atoms with Crippen molar-refractivity contribution in [2.75, 3.05) is 13.1 Å². The van der Waals surface area contributed by atoms with Crippen molar-refractivity contribution >= 4 is 5.91 Å². The smallest absolute Gasteiger partial charge is 0.248 e. The number of piperidine rings is 1. The van der Waals surface area contributed by atoms with Crippen molar-refractivity contribution in [3.05, 3.63) is 35.4 Å². The molecule has 0 bridgehead atoms. The Labute approximate surface area is 101 Å². The molecule has 2 aliphatic rings. The van der Waals surface area contributed by atoms with Gasteiger partial charge in [-0.2, -0.15) is 0 Å². The maximum absolute atomic E-state index is 11.2. The third-order valence-corrected chi connectivity index (χ3v) is 4.70. The summed E-state index contributed by atoms with van der Waals surface area (Å²) in [6.45, 7) is 4.47. The van der Waals surface area contributed by atoms with Crippen molar-refractivity contribution < 1.29 is 4.79 Å². The molecule has 17 heavy (non-hydrogen) atoms. The molecule has 1 heterocycles. The highest BCUT2D eigenvalue weighted by Gasteiger charge is 2.65. The first-order chi connectivity index (χ1) is 8.20. The van der Waals surface area contributed by atoms with Gasteiger partial charge in [0.25, 0.3) is 0 Å². The van der Waals surface area contributed by atoms with Gasteiger partial charge in [-0.3, -0.25) is 4.79 Å². The van der Waals surface area contributed by atoms with E-state index in [2.05, 4.69) is 18.3 Å². The number of nitrogens with one attached hydrogen (secondary N) is 1. The minimum Gasteiger partial charge on any atom is -0.366 e. The molecule has 90 valence electrons. The Morgan fingerprint density at radius 2 is 2.18 bits per heavy atom. The van der Waals surface area contributed by atoms with E-state index in [-0.39, 0.29) is 5.91 Å². The van der Waals surface area contributed by atoms with E-state index >= 15 is 0 Å². The van der Waals surface area contributed by atoms with E-state index in [1.165, 1.54) is 5.56 Å². The van der Waals surface area contributed by atoms with Crippen LogP contribution in [0.2, 0.25) is 0 Å². The first kappa shape index (κ1) is 10.8. The number of carbonyl (C=O) groups is 1. The summed E-state index contributed by atoms with van der Waals surface area (Å²) in [7, 11) is 0. The van der Waals surface area contributed by atoms with Gasteiger partial charge in [-0.05, 0) is 49.0 Å². The molecule has 1 amide bonds. The molecule has 3 rings (SSSR count). The molecule has 2 fully saturated rings. The molecule has 1 aliphatic carbocycles. The fraction of sp³-hybridized carbons (Fsp3) is 0.500.